The highest BCUT2D eigenvalue weighted by atomic mass is 35.6. The maximum absolute atomic E-state index is 14.0. The van der Waals surface area contributed by atoms with E-state index in [4.69, 9.17) is 68.0 Å². The summed E-state index contributed by atoms with van der Waals surface area (Å²) in [6, 6.07) is -1.05. The Hall–Kier alpha value is -0.940. The molecule has 0 radical (unpaired) electrons. The van der Waals surface area contributed by atoms with Crippen molar-refractivity contribution in [3.63, 3.8) is 0 Å². The second-order valence-electron chi connectivity index (χ2n) is 15.4. The van der Waals surface area contributed by atoms with Gasteiger partial charge in [-0.1, -0.05) is 177 Å². The molecule has 0 aliphatic carbocycles. The lowest BCUT2D eigenvalue weighted by Gasteiger charge is -2.46. The summed E-state index contributed by atoms with van der Waals surface area (Å²) in [6.45, 7) is 15.9. The van der Waals surface area contributed by atoms with Crippen LogP contribution < -0.4 is 5.32 Å². The molecular weight excluding hydrogens is 822 g/mol. The number of alkyl halides is 3. The topological polar surface area (TPSA) is 125 Å². The molecule has 0 spiro atoms. The molecule has 1 saturated heterocycles. The average Bonchev–Trinajstić information content (AvgIpc) is 3.19. The van der Waals surface area contributed by atoms with Gasteiger partial charge in [0.2, 0.25) is 18.1 Å². The predicted octanol–water partition coefficient (Wildman–Crippen LogP) is 13.7. The molecule has 1 aliphatic heterocycles. The molecular formula is C44H78Cl3N2O8P. The van der Waals surface area contributed by atoms with Crippen molar-refractivity contribution in [3.8, 4) is 0 Å². The van der Waals surface area contributed by atoms with Crippen LogP contribution >= 0.6 is 42.6 Å². The number of nitrogens with one attached hydrogen (secondary N) is 2. The summed E-state index contributed by atoms with van der Waals surface area (Å²) in [5.74, 6) is -0.569. The van der Waals surface area contributed by atoms with E-state index in [0.29, 0.717) is 25.4 Å². The molecule has 0 bridgehead atoms. The third-order valence-corrected chi connectivity index (χ3v) is 12.2. The maximum Gasteiger partial charge on any atom is 0.475 e. The van der Waals surface area contributed by atoms with Gasteiger partial charge in [-0.15, -0.1) is 13.2 Å². The summed E-state index contributed by atoms with van der Waals surface area (Å²) < 4.78 is 47.9. The molecule has 1 aliphatic rings. The summed E-state index contributed by atoms with van der Waals surface area (Å²) >= 11 is 18.1. The number of unbranched alkanes of at least 4 members (excludes halogenated alkanes) is 15. The SMILES string of the molecule is C=CCOP(=O)(OCC=C)O[C@H]1[C@H](OCC[C@H](C)CCCCCCC)[C@@H](NC(=O)CCCCCCCCC/C=C\CCCCCC)[C@H](OC(=N)C(Cl)(Cl)Cl)O[C@@H]1CC. The van der Waals surface area contributed by atoms with E-state index in [1.807, 2.05) is 6.92 Å². The smallest absolute Gasteiger partial charge is 0.446 e. The van der Waals surface area contributed by atoms with Gasteiger partial charge in [-0.3, -0.25) is 23.8 Å². The first kappa shape index (κ1) is 55.1. The zero-order chi connectivity index (χ0) is 43.1. The van der Waals surface area contributed by atoms with Crippen LogP contribution in [0.2, 0.25) is 0 Å². The molecule has 0 unspecified atom stereocenters. The van der Waals surface area contributed by atoms with E-state index in [-0.39, 0.29) is 25.5 Å². The van der Waals surface area contributed by atoms with Gasteiger partial charge in [0.05, 0.1) is 19.3 Å². The molecule has 1 amide bonds. The minimum absolute atomic E-state index is 0.108. The van der Waals surface area contributed by atoms with Crippen molar-refractivity contribution in [2.24, 2.45) is 5.92 Å². The summed E-state index contributed by atoms with van der Waals surface area (Å²) in [5.41, 5.74) is 0. The van der Waals surface area contributed by atoms with Crippen LogP contribution in [0.25, 0.3) is 0 Å². The Morgan fingerprint density at radius 2 is 1.34 bits per heavy atom. The Morgan fingerprint density at radius 1 is 0.810 bits per heavy atom. The molecule has 1 fully saturated rings. The van der Waals surface area contributed by atoms with Crippen molar-refractivity contribution >= 4 is 54.4 Å². The third kappa shape index (κ3) is 25.1. The average molecular weight is 900 g/mol. The van der Waals surface area contributed by atoms with Crippen molar-refractivity contribution in [3.05, 3.63) is 37.5 Å². The fraction of sp³-hybridized carbons (Fsp3) is 0.818. The molecule has 14 heteroatoms. The zero-order valence-electron chi connectivity index (χ0n) is 36.2. The van der Waals surface area contributed by atoms with Crippen LogP contribution in [0.3, 0.4) is 0 Å². The lowest BCUT2D eigenvalue weighted by molar-refractivity contribution is -0.249. The summed E-state index contributed by atoms with van der Waals surface area (Å²) in [4.78, 5) is 13.6. The van der Waals surface area contributed by atoms with E-state index in [1.165, 1.54) is 89.2 Å². The van der Waals surface area contributed by atoms with Crippen molar-refractivity contribution in [1.29, 1.82) is 5.41 Å². The second kappa shape index (κ2) is 33.7. The molecule has 338 valence electrons. The Balaban J connectivity index is 3.10. The van der Waals surface area contributed by atoms with E-state index in [0.717, 1.165) is 44.9 Å². The zero-order valence-corrected chi connectivity index (χ0v) is 39.4. The molecule has 58 heavy (non-hydrogen) atoms. The van der Waals surface area contributed by atoms with Gasteiger partial charge in [-0.2, -0.15) is 0 Å². The first-order chi connectivity index (χ1) is 27.8. The van der Waals surface area contributed by atoms with Crippen molar-refractivity contribution in [2.45, 2.75) is 203 Å². The van der Waals surface area contributed by atoms with Gasteiger partial charge in [-0.25, -0.2) is 4.57 Å². The van der Waals surface area contributed by atoms with Gasteiger partial charge in [0.25, 0.3) is 3.79 Å². The fourth-order valence-electron chi connectivity index (χ4n) is 6.79. The quantitative estimate of drug-likeness (QED) is 0.0159. The lowest BCUT2D eigenvalue weighted by Crippen LogP contribution is -2.65. The maximum atomic E-state index is 14.0. The molecule has 6 atom stereocenters. The second-order valence-corrected chi connectivity index (χ2v) is 19.3. The van der Waals surface area contributed by atoms with Crippen molar-refractivity contribution < 1.29 is 37.1 Å². The number of phosphoric acid groups is 1. The molecule has 0 aromatic carbocycles. The first-order valence-electron chi connectivity index (χ1n) is 22.2. The number of halogens is 3. The van der Waals surface area contributed by atoms with Crippen LogP contribution in [0, 0.1) is 11.3 Å². The predicted molar refractivity (Wildman–Crippen MR) is 241 cm³/mol. The highest BCUT2D eigenvalue weighted by Crippen LogP contribution is 2.53. The number of carbonyl (C=O) groups excluding carboxylic acids is 1. The van der Waals surface area contributed by atoms with Crippen LogP contribution in [0.5, 0.6) is 0 Å². The summed E-state index contributed by atoms with van der Waals surface area (Å²) in [7, 11) is -4.23. The summed E-state index contributed by atoms with van der Waals surface area (Å²) in [6.07, 6.45) is 26.7. The van der Waals surface area contributed by atoms with Gasteiger partial charge in [0.15, 0.2) is 0 Å². The van der Waals surface area contributed by atoms with Crippen LogP contribution in [-0.2, 0) is 37.1 Å². The number of carbonyl (C=O) groups is 1. The molecule has 2 N–H and O–H groups in total. The molecule has 10 nitrogen and oxygen atoms in total. The van der Waals surface area contributed by atoms with E-state index in [1.54, 1.807) is 0 Å². The molecule has 1 rings (SSSR count). The standard InChI is InChI=1S/C44H78Cl3N2O8P/c1-7-12-14-16-17-18-19-20-21-22-23-24-25-27-29-31-38(50)49-39-41(52-35-32-36(6)30-28-26-15-13-8-2)40(57-58(51,53-33-9-3)54-34-10-4)37(11-5)55-42(39)56-43(48)44(45,46)47/h9-10,18-19,36-37,39-42,48H,3-4,7-8,11-17,20-35H2,1-2,5-6H3,(H,49,50)/b19-18-,48-43?/t36-,37-,39-,40-,41-,42+/m1/s1. The van der Waals surface area contributed by atoms with Gasteiger partial charge >= 0.3 is 7.82 Å². The van der Waals surface area contributed by atoms with Gasteiger partial charge < -0.3 is 19.5 Å². The van der Waals surface area contributed by atoms with Crippen LogP contribution in [0.4, 0.5) is 0 Å². The fourth-order valence-corrected chi connectivity index (χ4v) is 8.25. The highest BCUT2D eigenvalue weighted by Gasteiger charge is 2.52. The Labute approximate surface area is 367 Å². The number of ether oxygens (including phenoxy) is 3. The van der Waals surface area contributed by atoms with E-state index >= 15 is 0 Å². The van der Waals surface area contributed by atoms with E-state index in [2.05, 4.69) is 51.4 Å². The van der Waals surface area contributed by atoms with Crippen molar-refractivity contribution in [2.75, 3.05) is 19.8 Å². The number of amides is 1. The number of allylic oxidation sites excluding steroid dienone is 2. The number of hydrogen-bond acceptors (Lipinski definition) is 9. The minimum Gasteiger partial charge on any atom is -0.446 e. The molecule has 0 aromatic rings. The molecule has 1 heterocycles. The third-order valence-electron chi connectivity index (χ3n) is 10.2. The summed E-state index contributed by atoms with van der Waals surface area (Å²) in [5, 5.41) is 11.4. The lowest BCUT2D eigenvalue weighted by atomic mass is 9.94. The van der Waals surface area contributed by atoms with Gasteiger partial charge in [0.1, 0.15) is 18.2 Å². The number of phosphoric ester groups is 1. The first-order valence-corrected chi connectivity index (χ1v) is 24.8. The van der Waals surface area contributed by atoms with E-state index in [9.17, 15) is 9.36 Å². The van der Waals surface area contributed by atoms with Crippen LogP contribution in [-0.4, -0.2) is 66.1 Å². The molecule has 0 aromatic heterocycles. The Kier molecular flexibility index (Phi) is 32.0. The number of rotatable bonds is 36. The normalized spacial score (nSPS) is 20.6. The van der Waals surface area contributed by atoms with Crippen LogP contribution in [0.15, 0.2) is 37.5 Å². The highest BCUT2D eigenvalue weighted by molar-refractivity contribution is 7.48. The van der Waals surface area contributed by atoms with Gasteiger partial charge in [0, 0.05) is 13.0 Å². The Bertz CT molecular complexity index is 1170. The largest absolute Gasteiger partial charge is 0.475 e. The molecule has 0 saturated carbocycles. The van der Waals surface area contributed by atoms with Crippen LogP contribution in [0.1, 0.15) is 169 Å². The Morgan fingerprint density at radius 3 is 1.90 bits per heavy atom. The monoisotopic (exact) mass is 898 g/mol. The number of hydrogen-bond donors (Lipinski definition) is 2. The minimum atomic E-state index is -4.23. The van der Waals surface area contributed by atoms with Crippen molar-refractivity contribution in [1.82, 2.24) is 5.32 Å². The van der Waals surface area contributed by atoms with E-state index < -0.39 is 48.2 Å². The van der Waals surface area contributed by atoms with Gasteiger partial charge in [-0.05, 0) is 50.9 Å².